The zero-order valence-electron chi connectivity index (χ0n) is 8.12. The smallest absolute Gasteiger partial charge is 0.154 e. The lowest BCUT2D eigenvalue weighted by atomic mass is 9.89. The van der Waals surface area contributed by atoms with E-state index in [4.69, 9.17) is 4.74 Å². The van der Waals surface area contributed by atoms with Gasteiger partial charge in [0, 0.05) is 0 Å². The van der Waals surface area contributed by atoms with E-state index in [-0.39, 0.29) is 0 Å². The summed E-state index contributed by atoms with van der Waals surface area (Å²) in [5, 5.41) is 9.27. The van der Waals surface area contributed by atoms with Crippen molar-refractivity contribution in [3.05, 3.63) is 0 Å². The van der Waals surface area contributed by atoms with Crippen molar-refractivity contribution in [1.29, 1.82) is 0 Å². The first-order valence-corrected chi connectivity index (χ1v) is 5.06. The van der Waals surface area contributed by atoms with Crippen molar-refractivity contribution in [1.82, 2.24) is 0 Å². The average Bonchev–Trinajstić information content (AvgIpc) is 2.04. The van der Waals surface area contributed by atoms with E-state index in [1.54, 1.807) is 0 Å². The molecule has 1 fully saturated rings. The van der Waals surface area contributed by atoms with Crippen LogP contribution < -0.4 is 0 Å². The van der Waals surface area contributed by atoms with Gasteiger partial charge in [-0.05, 0) is 25.2 Å². The summed E-state index contributed by atoms with van der Waals surface area (Å²) in [5.74, 6) is 0.771. The van der Waals surface area contributed by atoms with E-state index in [1.807, 2.05) is 6.92 Å². The fraction of sp³-hybridized carbons (Fsp3) is 1.00. The van der Waals surface area contributed by atoms with Crippen molar-refractivity contribution in [2.75, 3.05) is 0 Å². The van der Waals surface area contributed by atoms with Gasteiger partial charge in [-0.25, -0.2) is 0 Å². The Bertz CT molecular complexity index is 125. The summed E-state index contributed by atoms with van der Waals surface area (Å²) in [4.78, 5) is 0. The lowest BCUT2D eigenvalue weighted by Gasteiger charge is -2.28. The second kappa shape index (κ2) is 4.83. The van der Waals surface area contributed by atoms with Crippen molar-refractivity contribution in [2.24, 2.45) is 5.92 Å². The quantitative estimate of drug-likeness (QED) is 0.662. The third-order valence-corrected chi connectivity index (χ3v) is 2.59. The number of aliphatic hydroxyl groups is 1. The third kappa shape index (κ3) is 3.11. The Labute approximate surface area is 74.9 Å². The first-order chi connectivity index (χ1) is 5.72. The number of ether oxygens (including phenoxy) is 1. The van der Waals surface area contributed by atoms with Crippen LogP contribution in [0.25, 0.3) is 0 Å². The van der Waals surface area contributed by atoms with Gasteiger partial charge in [-0.3, -0.25) is 0 Å². The van der Waals surface area contributed by atoms with E-state index in [0.717, 1.165) is 18.8 Å². The minimum Gasteiger partial charge on any atom is -0.368 e. The molecule has 72 valence electrons. The second-order valence-corrected chi connectivity index (χ2v) is 3.89. The Morgan fingerprint density at radius 1 is 1.50 bits per heavy atom. The summed E-state index contributed by atoms with van der Waals surface area (Å²) in [6.07, 6.45) is 5.29. The molecule has 1 aliphatic rings. The van der Waals surface area contributed by atoms with Crippen LogP contribution >= 0.6 is 0 Å². The summed E-state index contributed by atoms with van der Waals surface area (Å²) in [7, 11) is 0. The number of hydrogen-bond donors (Lipinski definition) is 1. The summed E-state index contributed by atoms with van der Waals surface area (Å²) >= 11 is 0. The zero-order chi connectivity index (χ0) is 8.97. The van der Waals surface area contributed by atoms with Gasteiger partial charge in [0.05, 0.1) is 6.10 Å². The molecule has 0 aromatic heterocycles. The molecule has 0 spiro atoms. The molecule has 0 heterocycles. The maximum Gasteiger partial charge on any atom is 0.154 e. The number of hydrogen-bond acceptors (Lipinski definition) is 2. The van der Waals surface area contributed by atoms with Crippen molar-refractivity contribution in [3.8, 4) is 0 Å². The Hall–Kier alpha value is -0.0800. The summed E-state index contributed by atoms with van der Waals surface area (Å²) in [6.45, 7) is 4.20. The first kappa shape index (κ1) is 10.0. The van der Waals surface area contributed by atoms with Gasteiger partial charge in [-0.2, -0.15) is 0 Å². The van der Waals surface area contributed by atoms with E-state index in [9.17, 15) is 5.11 Å². The molecule has 12 heavy (non-hydrogen) atoms. The molecule has 1 saturated carbocycles. The fourth-order valence-corrected chi connectivity index (χ4v) is 1.82. The van der Waals surface area contributed by atoms with Gasteiger partial charge in [-0.1, -0.05) is 26.7 Å². The SMILES string of the molecule is CCC(O)OC1CCCC(C)C1. The van der Waals surface area contributed by atoms with Gasteiger partial charge in [0.2, 0.25) is 0 Å². The highest BCUT2D eigenvalue weighted by Crippen LogP contribution is 2.26. The molecule has 2 nitrogen and oxygen atoms in total. The molecule has 0 aromatic carbocycles. The zero-order valence-corrected chi connectivity index (χ0v) is 8.12. The van der Waals surface area contributed by atoms with Crippen molar-refractivity contribution in [3.63, 3.8) is 0 Å². The van der Waals surface area contributed by atoms with Gasteiger partial charge in [0.1, 0.15) is 0 Å². The maximum absolute atomic E-state index is 9.27. The highest BCUT2D eigenvalue weighted by molar-refractivity contribution is 4.70. The molecule has 0 bridgehead atoms. The van der Waals surface area contributed by atoms with Crippen LogP contribution in [0.15, 0.2) is 0 Å². The molecule has 0 saturated heterocycles. The fourth-order valence-electron chi connectivity index (χ4n) is 1.82. The Morgan fingerprint density at radius 2 is 2.25 bits per heavy atom. The normalized spacial score (nSPS) is 33.2. The molecule has 3 unspecified atom stereocenters. The van der Waals surface area contributed by atoms with Gasteiger partial charge in [-0.15, -0.1) is 0 Å². The second-order valence-electron chi connectivity index (χ2n) is 3.89. The summed E-state index contributed by atoms with van der Waals surface area (Å²) in [6, 6.07) is 0. The van der Waals surface area contributed by atoms with Crippen LogP contribution in [0.4, 0.5) is 0 Å². The Morgan fingerprint density at radius 3 is 2.83 bits per heavy atom. The van der Waals surface area contributed by atoms with Crippen molar-refractivity contribution < 1.29 is 9.84 Å². The van der Waals surface area contributed by atoms with Gasteiger partial charge in [0.25, 0.3) is 0 Å². The van der Waals surface area contributed by atoms with Crippen LogP contribution in [0.3, 0.4) is 0 Å². The van der Waals surface area contributed by atoms with E-state index in [1.165, 1.54) is 12.8 Å². The topological polar surface area (TPSA) is 29.5 Å². The Kier molecular flexibility index (Phi) is 4.02. The molecule has 0 radical (unpaired) electrons. The van der Waals surface area contributed by atoms with Gasteiger partial charge in [0.15, 0.2) is 6.29 Å². The average molecular weight is 172 g/mol. The lowest BCUT2D eigenvalue weighted by Crippen LogP contribution is -2.26. The number of aliphatic hydroxyl groups excluding tert-OH is 1. The summed E-state index contributed by atoms with van der Waals surface area (Å²) in [5.41, 5.74) is 0. The highest BCUT2D eigenvalue weighted by Gasteiger charge is 2.20. The Balaban J connectivity index is 2.22. The molecule has 1 rings (SSSR count). The largest absolute Gasteiger partial charge is 0.368 e. The molecule has 0 aromatic rings. The molecule has 0 amide bonds. The predicted molar refractivity (Wildman–Crippen MR) is 48.8 cm³/mol. The first-order valence-electron chi connectivity index (χ1n) is 5.06. The van der Waals surface area contributed by atoms with Gasteiger partial charge < -0.3 is 9.84 Å². The summed E-state index contributed by atoms with van der Waals surface area (Å²) < 4.78 is 5.47. The highest BCUT2D eigenvalue weighted by atomic mass is 16.6. The van der Waals surface area contributed by atoms with E-state index in [2.05, 4.69) is 6.92 Å². The maximum atomic E-state index is 9.27. The molecule has 0 aliphatic heterocycles. The van der Waals surface area contributed by atoms with Crippen LogP contribution in [0.1, 0.15) is 46.0 Å². The van der Waals surface area contributed by atoms with Crippen LogP contribution in [0.5, 0.6) is 0 Å². The molecule has 1 aliphatic carbocycles. The minimum atomic E-state index is -0.541. The standard InChI is InChI=1S/C10H20O2/c1-3-10(11)12-9-6-4-5-8(2)7-9/h8-11H,3-7H2,1-2H3. The molecular weight excluding hydrogens is 152 g/mol. The number of rotatable bonds is 3. The van der Waals surface area contributed by atoms with Crippen molar-refractivity contribution in [2.45, 2.75) is 58.3 Å². The van der Waals surface area contributed by atoms with Crippen LogP contribution in [-0.4, -0.2) is 17.5 Å². The van der Waals surface area contributed by atoms with Crippen LogP contribution in [-0.2, 0) is 4.74 Å². The van der Waals surface area contributed by atoms with Crippen LogP contribution in [0, 0.1) is 5.92 Å². The monoisotopic (exact) mass is 172 g/mol. The molecule has 2 heteroatoms. The van der Waals surface area contributed by atoms with E-state index < -0.39 is 6.29 Å². The molecular formula is C10H20O2. The van der Waals surface area contributed by atoms with Gasteiger partial charge >= 0.3 is 0 Å². The van der Waals surface area contributed by atoms with Crippen molar-refractivity contribution >= 4 is 0 Å². The lowest BCUT2D eigenvalue weighted by molar-refractivity contribution is -0.148. The third-order valence-electron chi connectivity index (χ3n) is 2.59. The predicted octanol–water partition coefficient (Wildman–Crippen LogP) is 2.31. The van der Waals surface area contributed by atoms with E-state index >= 15 is 0 Å². The molecule has 1 N–H and O–H groups in total. The minimum absolute atomic E-state index is 0.309. The van der Waals surface area contributed by atoms with Crippen LogP contribution in [0.2, 0.25) is 0 Å². The van der Waals surface area contributed by atoms with E-state index in [0.29, 0.717) is 12.5 Å². The molecule has 3 atom stereocenters.